The fourth-order valence-electron chi connectivity index (χ4n) is 3.67. The highest BCUT2D eigenvalue weighted by Gasteiger charge is 2.35. The van der Waals surface area contributed by atoms with Crippen molar-refractivity contribution in [1.82, 2.24) is 29.9 Å². The van der Waals surface area contributed by atoms with Gasteiger partial charge in [-0.05, 0) is 44.4 Å². The Bertz CT molecular complexity index is 1090. The zero-order chi connectivity index (χ0) is 22.9. The van der Waals surface area contributed by atoms with Crippen LogP contribution in [0.15, 0.2) is 43.0 Å². The maximum Gasteiger partial charge on any atom is 0.417 e. The van der Waals surface area contributed by atoms with E-state index in [1.54, 1.807) is 17.2 Å². The highest BCUT2D eigenvalue weighted by atomic mass is 19.4. The molecule has 0 spiro atoms. The normalized spacial score (nSPS) is 19.1. The lowest BCUT2D eigenvalue weighted by Gasteiger charge is -2.39. The molecular formula is C21H21F3N6O2. The molecule has 11 heteroatoms. The molecule has 2 atom stereocenters. The van der Waals surface area contributed by atoms with Crippen molar-refractivity contribution in [3.8, 4) is 11.6 Å². The molecule has 0 radical (unpaired) electrons. The zero-order valence-corrected chi connectivity index (χ0v) is 17.5. The minimum absolute atomic E-state index is 0.0824. The molecule has 0 saturated carbocycles. The first-order chi connectivity index (χ1) is 15.2. The number of likely N-dealkylation sites (tertiary alicyclic amines) is 1. The summed E-state index contributed by atoms with van der Waals surface area (Å²) in [6, 6.07) is 3.56. The van der Waals surface area contributed by atoms with Gasteiger partial charge in [-0.2, -0.15) is 23.4 Å². The molecular weight excluding hydrogens is 425 g/mol. The number of aryl methyl sites for hydroxylation is 1. The molecule has 32 heavy (non-hydrogen) atoms. The number of carbonyl (C=O) groups excluding carboxylic acids is 1. The van der Waals surface area contributed by atoms with Gasteiger partial charge in [-0.1, -0.05) is 0 Å². The van der Waals surface area contributed by atoms with Gasteiger partial charge in [-0.3, -0.25) is 4.79 Å². The van der Waals surface area contributed by atoms with E-state index in [9.17, 15) is 18.0 Å². The lowest BCUT2D eigenvalue weighted by atomic mass is 9.99. The number of carbonyl (C=O) groups is 1. The highest BCUT2D eigenvalue weighted by Crippen LogP contribution is 2.30. The van der Waals surface area contributed by atoms with Crippen LogP contribution in [0.2, 0.25) is 0 Å². The second-order valence-electron chi connectivity index (χ2n) is 7.62. The van der Waals surface area contributed by atoms with E-state index in [4.69, 9.17) is 4.74 Å². The summed E-state index contributed by atoms with van der Waals surface area (Å²) in [5, 5.41) is 8.22. The Kier molecular flexibility index (Phi) is 5.81. The van der Waals surface area contributed by atoms with Gasteiger partial charge in [-0.25, -0.2) is 9.97 Å². The third kappa shape index (κ3) is 4.41. The Morgan fingerprint density at radius 2 is 1.91 bits per heavy atom. The molecule has 1 saturated heterocycles. The summed E-state index contributed by atoms with van der Waals surface area (Å²) in [6.45, 7) is 4.20. The Labute approximate surface area is 182 Å². The molecule has 0 aliphatic carbocycles. The summed E-state index contributed by atoms with van der Waals surface area (Å²) < 4.78 is 44.1. The summed E-state index contributed by atoms with van der Waals surface area (Å²) >= 11 is 0. The fourth-order valence-corrected chi connectivity index (χ4v) is 3.67. The quantitative estimate of drug-likeness (QED) is 0.610. The number of aromatic nitrogens is 5. The molecule has 4 rings (SSSR count). The van der Waals surface area contributed by atoms with Gasteiger partial charge in [-0.15, -0.1) is 4.80 Å². The van der Waals surface area contributed by atoms with Gasteiger partial charge in [0.05, 0.1) is 24.0 Å². The van der Waals surface area contributed by atoms with Gasteiger partial charge in [0.15, 0.2) is 5.69 Å². The summed E-state index contributed by atoms with van der Waals surface area (Å²) in [5.41, 5.74) is 0.699. The van der Waals surface area contributed by atoms with Gasteiger partial charge in [0, 0.05) is 25.0 Å². The molecule has 3 aromatic heterocycles. The van der Waals surface area contributed by atoms with Gasteiger partial charge in [0.1, 0.15) is 11.8 Å². The first-order valence-electron chi connectivity index (χ1n) is 10.1. The van der Waals surface area contributed by atoms with Crippen LogP contribution in [0.4, 0.5) is 13.2 Å². The maximum absolute atomic E-state index is 13.4. The minimum Gasteiger partial charge on any atom is -0.472 e. The molecule has 1 aliphatic rings. The SMILES string of the molecule is Cc1cnc(C(=O)N2CCCC(Oc3ccc(C(F)(F)F)cn3)C2C)c(-n2nccn2)c1. The van der Waals surface area contributed by atoms with Gasteiger partial charge in [0.2, 0.25) is 5.88 Å². The Morgan fingerprint density at radius 1 is 1.16 bits per heavy atom. The van der Waals surface area contributed by atoms with Crippen LogP contribution in [0, 0.1) is 6.92 Å². The highest BCUT2D eigenvalue weighted by molar-refractivity contribution is 5.96. The van der Waals surface area contributed by atoms with Crippen molar-refractivity contribution >= 4 is 5.91 Å². The van der Waals surface area contributed by atoms with Crippen molar-refractivity contribution in [2.24, 2.45) is 0 Å². The van der Waals surface area contributed by atoms with Crippen LogP contribution in [0.3, 0.4) is 0 Å². The zero-order valence-electron chi connectivity index (χ0n) is 17.5. The van der Waals surface area contributed by atoms with E-state index >= 15 is 0 Å². The molecule has 0 aromatic carbocycles. The molecule has 0 N–H and O–H groups in total. The molecule has 1 fully saturated rings. The first-order valence-corrected chi connectivity index (χ1v) is 10.1. The summed E-state index contributed by atoms with van der Waals surface area (Å²) in [4.78, 5) is 24.5. The third-order valence-corrected chi connectivity index (χ3v) is 5.36. The Hall–Kier alpha value is -3.50. The summed E-state index contributed by atoms with van der Waals surface area (Å²) in [6.07, 6.45) is 1.80. The van der Waals surface area contributed by atoms with E-state index < -0.39 is 17.8 Å². The minimum atomic E-state index is -4.46. The van der Waals surface area contributed by atoms with Gasteiger partial charge >= 0.3 is 6.18 Å². The standard InChI is InChI=1S/C21H21F3N6O2/c1-13-10-16(30-27-7-8-28-30)19(26-11-13)20(31)29-9-3-4-17(14(29)2)32-18-6-5-15(12-25-18)21(22,23)24/h5-8,10-12,14,17H,3-4,9H2,1-2H3. The van der Waals surface area contributed by atoms with E-state index in [1.165, 1.54) is 23.3 Å². The van der Waals surface area contributed by atoms with Crippen molar-refractivity contribution < 1.29 is 22.7 Å². The van der Waals surface area contributed by atoms with Crippen molar-refractivity contribution in [3.05, 3.63) is 59.8 Å². The molecule has 1 aliphatic heterocycles. The Morgan fingerprint density at radius 3 is 2.56 bits per heavy atom. The number of ether oxygens (including phenoxy) is 1. The molecule has 1 amide bonds. The molecule has 4 heterocycles. The van der Waals surface area contributed by atoms with Crippen molar-refractivity contribution in [3.63, 3.8) is 0 Å². The van der Waals surface area contributed by atoms with Gasteiger partial charge < -0.3 is 9.64 Å². The third-order valence-electron chi connectivity index (χ3n) is 5.36. The number of nitrogens with zero attached hydrogens (tertiary/aromatic N) is 6. The number of hydrogen-bond acceptors (Lipinski definition) is 6. The number of alkyl halides is 3. The molecule has 0 bridgehead atoms. The number of amides is 1. The molecule has 8 nitrogen and oxygen atoms in total. The number of rotatable bonds is 4. The lowest BCUT2D eigenvalue weighted by Crippen LogP contribution is -2.51. The predicted molar refractivity (Wildman–Crippen MR) is 107 cm³/mol. The summed E-state index contributed by atoms with van der Waals surface area (Å²) in [5.74, 6) is -0.211. The number of hydrogen-bond donors (Lipinski definition) is 0. The average molecular weight is 446 g/mol. The van der Waals surface area contributed by atoms with E-state index in [2.05, 4.69) is 20.2 Å². The van der Waals surface area contributed by atoms with Crippen LogP contribution in [0.25, 0.3) is 5.69 Å². The fraction of sp³-hybridized carbons (Fsp3) is 0.381. The van der Waals surface area contributed by atoms with Crippen LogP contribution >= 0.6 is 0 Å². The topological polar surface area (TPSA) is 86.0 Å². The molecule has 2 unspecified atom stereocenters. The van der Waals surface area contributed by atoms with Crippen LogP contribution in [-0.4, -0.2) is 54.5 Å². The number of pyridine rings is 2. The van der Waals surface area contributed by atoms with E-state index in [1.807, 2.05) is 13.8 Å². The van der Waals surface area contributed by atoms with E-state index in [-0.39, 0.29) is 23.5 Å². The van der Waals surface area contributed by atoms with Crippen LogP contribution in [-0.2, 0) is 6.18 Å². The summed E-state index contributed by atoms with van der Waals surface area (Å²) in [7, 11) is 0. The van der Waals surface area contributed by atoms with Crippen molar-refractivity contribution in [1.29, 1.82) is 0 Å². The van der Waals surface area contributed by atoms with Gasteiger partial charge in [0.25, 0.3) is 5.91 Å². The van der Waals surface area contributed by atoms with Crippen LogP contribution < -0.4 is 4.74 Å². The average Bonchev–Trinajstić information content (AvgIpc) is 3.29. The largest absolute Gasteiger partial charge is 0.472 e. The smallest absolute Gasteiger partial charge is 0.417 e. The molecule has 3 aromatic rings. The second kappa shape index (κ2) is 8.56. The molecule has 168 valence electrons. The van der Waals surface area contributed by atoms with E-state index in [0.29, 0.717) is 25.1 Å². The second-order valence-corrected chi connectivity index (χ2v) is 7.62. The lowest BCUT2D eigenvalue weighted by molar-refractivity contribution is -0.137. The first kappa shape index (κ1) is 21.7. The van der Waals surface area contributed by atoms with E-state index in [0.717, 1.165) is 17.8 Å². The van der Waals surface area contributed by atoms with Crippen molar-refractivity contribution in [2.45, 2.75) is 45.0 Å². The Balaban J connectivity index is 1.54. The number of halogens is 3. The monoisotopic (exact) mass is 446 g/mol. The maximum atomic E-state index is 13.4. The van der Waals surface area contributed by atoms with Crippen LogP contribution in [0.1, 0.15) is 41.4 Å². The number of piperidine rings is 1. The van der Waals surface area contributed by atoms with Crippen LogP contribution in [0.5, 0.6) is 5.88 Å². The predicted octanol–water partition coefficient (Wildman–Crippen LogP) is 3.46. The van der Waals surface area contributed by atoms with Crippen molar-refractivity contribution in [2.75, 3.05) is 6.54 Å².